The Bertz CT molecular complexity index is 595. The number of benzene rings is 1. The Labute approximate surface area is 148 Å². The molecule has 5 nitrogen and oxygen atoms in total. The third kappa shape index (κ3) is 4.03. The summed E-state index contributed by atoms with van der Waals surface area (Å²) in [6, 6.07) is 9.81. The third-order valence-electron chi connectivity index (χ3n) is 5.65. The summed E-state index contributed by atoms with van der Waals surface area (Å²) in [6.45, 7) is 0.877. The summed E-state index contributed by atoms with van der Waals surface area (Å²) in [5.41, 5.74) is 0.207. The fourth-order valence-electron chi connectivity index (χ4n) is 4.10. The van der Waals surface area contributed by atoms with Crippen molar-refractivity contribution in [3.8, 4) is 0 Å². The van der Waals surface area contributed by atoms with Gasteiger partial charge in [0.15, 0.2) is 0 Å². The largest absolute Gasteiger partial charge is 0.481 e. The van der Waals surface area contributed by atoms with E-state index in [0.717, 1.165) is 37.7 Å². The van der Waals surface area contributed by atoms with Crippen molar-refractivity contribution in [2.75, 3.05) is 13.2 Å². The van der Waals surface area contributed by atoms with Crippen LogP contribution in [0.4, 0.5) is 0 Å². The standard InChI is InChI=1S/C20H27NO4/c22-18(21-14-20(19(23)24)11-5-2-6-12-20)16-10-7-13-25-17(16)15-8-3-1-4-9-15/h1,3-4,8-9,16-17H,2,5-7,10-14H2,(H,21,22)(H,23,24). The molecule has 1 aromatic rings. The Kier molecular flexibility index (Phi) is 5.74. The first-order chi connectivity index (χ1) is 12.1. The number of ether oxygens (including phenoxy) is 1. The minimum atomic E-state index is -0.800. The number of carbonyl (C=O) groups excluding carboxylic acids is 1. The van der Waals surface area contributed by atoms with Gasteiger partial charge in [0.2, 0.25) is 5.91 Å². The van der Waals surface area contributed by atoms with Crippen LogP contribution in [0.25, 0.3) is 0 Å². The molecule has 2 aliphatic rings. The highest BCUT2D eigenvalue weighted by molar-refractivity contribution is 5.81. The van der Waals surface area contributed by atoms with Gasteiger partial charge in [-0.1, -0.05) is 49.6 Å². The molecule has 0 bridgehead atoms. The summed E-state index contributed by atoms with van der Waals surface area (Å²) in [6.07, 6.45) is 5.58. The Morgan fingerprint density at radius 1 is 1.12 bits per heavy atom. The molecule has 1 heterocycles. The quantitative estimate of drug-likeness (QED) is 0.858. The average molecular weight is 345 g/mol. The Balaban J connectivity index is 1.67. The maximum absolute atomic E-state index is 12.8. The van der Waals surface area contributed by atoms with Gasteiger partial charge in [-0.2, -0.15) is 0 Å². The van der Waals surface area contributed by atoms with E-state index in [9.17, 15) is 14.7 Å². The van der Waals surface area contributed by atoms with Crippen LogP contribution in [0.15, 0.2) is 30.3 Å². The number of aliphatic carboxylic acids is 1. The summed E-state index contributed by atoms with van der Waals surface area (Å²) >= 11 is 0. The van der Waals surface area contributed by atoms with E-state index >= 15 is 0 Å². The smallest absolute Gasteiger partial charge is 0.311 e. The van der Waals surface area contributed by atoms with Crippen LogP contribution in [-0.4, -0.2) is 30.1 Å². The topological polar surface area (TPSA) is 75.6 Å². The van der Waals surface area contributed by atoms with E-state index in [-0.39, 0.29) is 24.5 Å². The van der Waals surface area contributed by atoms with Crippen LogP contribution in [0.2, 0.25) is 0 Å². The Morgan fingerprint density at radius 2 is 1.84 bits per heavy atom. The highest BCUT2D eigenvalue weighted by Crippen LogP contribution is 2.37. The molecule has 1 aromatic carbocycles. The van der Waals surface area contributed by atoms with Crippen molar-refractivity contribution in [3.05, 3.63) is 35.9 Å². The second-order valence-electron chi connectivity index (χ2n) is 7.31. The lowest BCUT2D eigenvalue weighted by atomic mass is 9.74. The molecule has 2 N–H and O–H groups in total. The number of carboxylic acid groups (broad SMARTS) is 1. The number of hydrogen-bond acceptors (Lipinski definition) is 3. The minimum Gasteiger partial charge on any atom is -0.481 e. The molecule has 5 heteroatoms. The molecule has 2 unspecified atom stereocenters. The third-order valence-corrected chi connectivity index (χ3v) is 5.65. The summed E-state index contributed by atoms with van der Waals surface area (Å²) in [5, 5.41) is 12.6. The predicted octanol–water partition coefficient (Wildman–Crippen LogP) is 3.31. The van der Waals surface area contributed by atoms with Crippen molar-refractivity contribution < 1.29 is 19.4 Å². The summed E-state index contributed by atoms with van der Waals surface area (Å²) < 4.78 is 5.89. The average Bonchev–Trinajstić information content (AvgIpc) is 2.67. The molecule has 1 amide bonds. The number of hydrogen-bond donors (Lipinski definition) is 2. The zero-order valence-electron chi connectivity index (χ0n) is 14.6. The SMILES string of the molecule is O=C(NCC1(C(=O)O)CCCCC1)C1CCCOC1c1ccccc1. The zero-order valence-corrected chi connectivity index (χ0v) is 14.6. The molecule has 0 spiro atoms. The molecule has 136 valence electrons. The number of carboxylic acids is 1. The first-order valence-corrected chi connectivity index (χ1v) is 9.30. The zero-order chi connectivity index (χ0) is 17.7. The van der Waals surface area contributed by atoms with Crippen LogP contribution in [0.1, 0.15) is 56.6 Å². The molecule has 25 heavy (non-hydrogen) atoms. The highest BCUT2D eigenvalue weighted by Gasteiger charge is 2.41. The number of carbonyl (C=O) groups is 2. The van der Waals surface area contributed by atoms with Crippen LogP contribution in [0.5, 0.6) is 0 Å². The van der Waals surface area contributed by atoms with E-state index in [0.29, 0.717) is 19.4 Å². The van der Waals surface area contributed by atoms with Crippen LogP contribution in [0.3, 0.4) is 0 Å². The van der Waals surface area contributed by atoms with E-state index in [2.05, 4.69) is 5.32 Å². The highest BCUT2D eigenvalue weighted by atomic mass is 16.5. The number of amides is 1. The second kappa shape index (κ2) is 8.00. The van der Waals surface area contributed by atoms with E-state index in [4.69, 9.17) is 4.74 Å². The molecule has 3 rings (SSSR count). The van der Waals surface area contributed by atoms with Gasteiger partial charge in [0, 0.05) is 13.2 Å². The van der Waals surface area contributed by atoms with Crippen LogP contribution in [0, 0.1) is 11.3 Å². The molecular formula is C20H27NO4. The van der Waals surface area contributed by atoms with Crippen molar-refractivity contribution in [1.82, 2.24) is 5.32 Å². The molecule has 2 atom stereocenters. The normalized spacial score (nSPS) is 25.9. The predicted molar refractivity (Wildman–Crippen MR) is 94.0 cm³/mol. The maximum Gasteiger partial charge on any atom is 0.311 e. The first-order valence-electron chi connectivity index (χ1n) is 9.30. The lowest BCUT2D eigenvalue weighted by Crippen LogP contribution is -2.47. The van der Waals surface area contributed by atoms with Gasteiger partial charge in [-0.05, 0) is 31.2 Å². The molecule has 1 aliphatic heterocycles. The van der Waals surface area contributed by atoms with Gasteiger partial charge in [0.25, 0.3) is 0 Å². The van der Waals surface area contributed by atoms with Crippen LogP contribution in [-0.2, 0) is 14.3 Å². The van der Waals surface area contributed by atoms with Gasteiger partial charge in [-0.3, -0.25) is 9.59 Å². The maximum atomic E-state index is 12.8. The molecule has 2 fully saturated rings. The fourth-order valence-corrected chi connectivity index (χ4v) is 4.10. The van der Waals surface area contributed by atoms with E-state index in [1.54, 1.807) is 0 Å². The number of rotatable bonds is 5. The Hall–Kier alpha value is -1.88. The van der Waals surface area contributed by atoms with Gasteiger partial charge in [-0.15, -0.1) is 0 Å². The van der Waals surface area contributed by atoms with Crippen molar-refractivity contribution in [1.29, 1.82) is 0 Å². The molecular weight excluding hydrogens is 318 g/mol. The van der Waals surface area contributed by atoms with Gasteiger partial charge in [0.05, 0.1) is 17.4 Å². The Morgan fingerprint density at radius 3 is 2.52 bits per heavy atom. The summed E-state index contributed by atoms with van der Waals surface area (Å²) in [5.74, 6) is -1.13. The molecule has 0 radical (unpaired) electrons. The first kappa shape index (κ1) is 17.9. The van der Waals surface area contributed by atoms with Crippen LogP contribution < -0.4 is 5.32 Å². The van der Waals surface area contributed by atoms with Gasteiger partial charge < -0.3 is 15.2 Å². The fraction of sp³-hybridized carbons (Fsp3) is 0.600. The van der Waals surface area contributed by atoms with Crippen molar-refractivity contribution in [2.24, 2.45) is 11.3 Å². The monoisotopic (exact) mass is 345 g/mol. The summed E-state index contributed by atoms with van der Waals surface area (Å²) in [7, 11) is 0. The van der Waals surface area contributed by atoms with Crippen molar-refractivity contribution >= 4 is 11.9 Å². The van der Waals surface area contributed by atoms with E-state index in [1.165, 1.54) is 0 Å². The van der Waals surface area contributed by atoms with E-state index in [1.807, 2.05) is 30.3 Å². The lowest BCUT2D eigenvalue weighted by Gasteiger charge is -2.35. The van der Waals surface area contributed by atoms with Gasteiger partial charge in [-0.25, -0.2) is 0 Å². The lowest BCUT2D eigenvalue weighted by molar-refractivity contribution is -0.151. The van der Waals surface area contributed by atoms with Gasteiger partial charge in [0.1, 0.15) is 0 Å². The molecule has 1 aliphatic carbocycles. The van der Waals surface area contributed by atoms with Crippen molar-refractivity contribution in [2.45, 2.75) is 51.0 Å². The second-order valence-corrected chi connectivity index (χ2v) is 7.31. The summed E-state index contributed by atoms with van der Waals surface area (Å²) in [4.78, 5) is 24.6. The molecule has 0 aromatic heterocycles. The molecule has 1 saturated carbocycles. The molecule has 1 saturated heterocycles. The number of nitrogens with one attached hydrogen (secondary N) is 1. The van der Waals surface area contributed by atoms with Crippen molar-refractivity contribution in [3.63, 3.8) is 0 Å². The minimum absolute atomic E-state index is 0.0836. The van der Waals surface area contributed by atoms with Gasteiger partial charge >= 0.3 is 5.97 Å². The van der Waals surface area contributed by atoms with E-state index < -0.39 is 11.4 Å². The van der Waals surface area contributed by atoms with Crippen LogP contribution >= 0.6 is 0 Å².